The van der Waals surface area contributed by atoms with E-state index in [2.05, 4.69) is 0 Å². The van der Waals surface area contributed by atoms with E-state index in [-0.39, 0.29) is 35.0 Å². The summed E-state index contributed by atoms with van der Waals surface area (Å²) in [5, 5.41) is 8.65. The molecular formula is C17H30ClNO4. The fourth-order valence-electron chi connectivity index (χ4n) is 2.81. The Bertz CT molecular complexity index is 523. The van der Waals surface area contributed by atoms with Crippen LogP contribution in [0.15, 0.2) is 24.3 Å². The van der Waals surface area contributed by atoms with E-state index in [0.29, 0.717) is 24.6 Å². The summed E-state index contributed by atoms with van der Waals surface area (Å²) in [6.45, 7) is 0.694. The molecule has 1 saturated carbocycles. The van der Waals surface area contributed by atoms with Crippen molar-refractivity contribution in [2.45, 2.75) is 38.5 Å². The molecule has 1 fully saturated rings. The van der Waals surface area contributed by atoms with Crippen molar-refractivity contribution in [1.82, 2.24) is 0 Å². The lowest BCUT2D eigenvalue weighted by atomic mass is 9.82. The highest BCUT2D eigenvalue weighted by atomic mass is 35.5. The standard InChI is InChI=1S/C17H23NO4.ClH.3H2/c18-11-13-1-6-14(7-2-13)17(21)22-15-8-3-12(4-9-15)5-10-16(19)20;;;;/h3-4,8-9,13-14H,1-2,5-7,10-11,18H2,(H,19,20);4*1H. The van der Waals surface area contributed by atoms with Crippen molar-refractivity contribution in [3.05, 3.63) is 29.8 Å². The Balaban J connectivity index is -0.00000132. The maximum absolute atomic E-state index is 12.1. The molecule has 0 aliphatic heterocycles. The van der Waals surface area contributed by atoms with Gasteiger partial charge in [-0.3, -0.25) is 9.59 Å². The number of carboxylic acid groups (broad SMARTS) is 1. The second-order valence-corrected chi connectivity index (χ2v) is 5.91. The number of carboxylic acids is 1. The molecule has 1 aromatic carbocycles. The van der Waals surface area contributed by atoms with Crippen LogP contribution in [0.25, 0.3) is 0 Å². The highest BCUT2D eigenvalue weighted by Gasteiger charge is 2.27. The second kappa shape index (κ2) is 9.53. The molecule has 1 aromatic rings. The molecular weight excluding hydrogens is 318 g/mol. The number of hydrogen-bond acceptors (Lipinski definition) is 4. The number of benzene rings is 1. The van der Waals surface area contributed by atoms with E-state index >= 15 is 0 Å². The quantitative estimate of drug-likeness (QED) is 0.606. The Kier molecular flexibility index (Phi) is 8.06. The summed E-state index contributed by atoms with van der Waals surface area (Å²) in [7, 11) is 0. The Hall–Kier alpha value is -1.59. The van der Waals surface area contributed by atoms with Gasteiger partial charge in [0, 0.05) is 10.7 Å². The summed E-state index contributed by atoms with van der Waals surface area (Å²) in [5.41, 5.74) is 6.57. The van der Waals surface area contributed by atoms with Crippen molar-refractivity contribution in [1.29, 1.82) is 0 Å². The molecule has 0 saturated heterocycles. The van der Waals surface area contributed by atoms with Crippen LogP contribution >= 0.6 is 12.4 Å². The molecule has 0 radical (unpaired) electrons. The smallest absolute Gasteiger partial charge is 0.314 e. The van der Waals surface area contributed by atoms with Crippen LogP contribution in [0.4, 0.5) is 0 Å². The van der Waals surface area contributed by atoms with Crippen molar-refractivity contribution in [3.63, 3.8) is 0 Å². The molecule has 0 aromatic heterocycles. The molecule has 3 N–H and O–H groups in total. The molecule has 0 bridgehead atoms. The molecule has 0 unspecified atom stereocenters. The molecule has 6 heteroatoms. The minimum Gasteiger partial charge on any atom is -0.481 e. The average Bonchev–Trinajstić information content (AvgIpc) is 2.54. The van der Waals surface area contributed by atoms with Crippen molar-refractivity contribution in [2.75, 3.05) is 6.54 Å². The van der Waals surface area contributed by atoms with Gasteiger partial charge in [-0.15, -0.1) is 12.4 Å². The van der Waals surface area contributed by atoms with Gasteiger partial charge in [0.05, 0.1) is 5.92 Å². The lowest BCUT2D eigenvalue weighted by molar-refractivity contribution is -0.140. The van der Waals surface area contributed by atoms with Gasteiger partial charge in [-0.2, -0.15) is 0 Å². The molecule has 2 rings (SSSR count). The summed E-state index contributed by atoms with van der Waals surface area (Å²) < 4.78 is 5.42. The van der Waals surface area contributed by atoms with Crippen LogP contribution in [-0.2, 0) is 16.0 Å². The van der Waals surface area contributed by atoms with Gasteiger partial charge in [-0.25, -0.2) is 0 Å². The van der Waals surface area contributed by atoms with Crippen molar-refractivity contribution >= 4 is 24.3 Å². The van der Waals surface area contributed by atoms with Gasteiger partial charge in [-0.1, -0.05) is 12.1 Å². The van der Waals surface area contributed by atoms with E-state index in [1.807, 2.05) is 0 Å². The predicted octanol–water partition coefficient (Wildman–Crippen LogP) is 3.53. The molecule has 23 heavy (non-hydrogen) atoms. The van der Waals surface area contributed by atoms with Gasteiger partial charge in [0.1, 0.15) is 5.75 Å². The Morgan fingerprint density at radius 3 is 2.30 bits per heavy atom. The number of esters is 1. The molecule has 1 aliphatic carbocycles. The van der Waals surface area contributed by atoms with Crippen LogP contribution < -0.4 is 10.5 Å². The third-order valence-electron chi connectivity index (χ3n) is 4.28. The number of carbonyl (C=O) groups excluding carboxylic acids is 1. The van der Waals surface area contributed by atoms with Crippen LogP contribution in [0.5, 0.6) is 5.75 Å². The molecule has 134 valence electrons. The molecule has 5 nitrogen and oxygen atoms in total. The minimum absolute atomic E-state index is 0. The highest BCUT2D eigenvalue weighted by Crippen LogP contribution is 2.29. The van der Waals surface area contributed by atoms with Crippen LogP contribution in [-0.4, -0.2) is 23.6 Å². The Labute approximate surface area is 147 Å². The van der Waals surface area contributed by atoms with Gasteiger partial charge in [0.25, 0.3) is 0 Å². The van der Waals surface area contributed by atoms with Gasteiger partial charge in [0.2, 0.25) is 0 Å². The Morgan fingerprint density at radius 1 is 1.17 bits per heavy atom. The minimum atomic E-state index is -0.816. The number of ether oxygens (including phenoxy) is 1. The maximum Gasteiger partial charge on any atom is 0.314 e. The van der Waals surface area contributed by atoms with E-state index in [9.17, 15) is 9.59 Å². The Morgan fingerprint density at radius 2 is 1.78 bits per heavy atom. The highest BCUT2D eigenvalue weighted by molar-refractivity contribution is 5.85. The van der Waals surface area contributed by atoms with E-state index in [0.717, 1.165) is 31.2 Å². The number of nitrogens with two attached hydrogens (primary N) is 1. The van der Waals surface area contributed by atoms with Crippen LogP contribution in [0.1, 0.15) is 41.9 Å². The topological polar surface area (TPSA) is 89.6 Å². The lowest BCUT2D eigenvalue weighted by Crippen LogP contribution is -2.28. The van der Waals surface area contributed by atoms with Gasteiger partial charge >= 0.3 is 11.9 Å². The predicted molar refractivity (Wildman–Crippen MR) is 96.1 cm³/mol. The first-order chi connectivity index (χ1) is 10.6. The number of halogens is 1. The van der Waals surface area contributed by atoms with Crippen molar-refractivity contribution < 1.29 is 23.7 Å². The zero-order valence-corrected chi connectivity index (χ0v) is 13.9. The molecule has 0 amide bonds. The van der Waals surface area contributed by atoms with E-state index in [1.165, 1.54) is 0 Å². The SMILES string of the molecule is Cl.NCC1CCC(C(=O)Oc2ccc(CCC(=O)O)cc2)CC1.[HH].[HH].[HH]. The summed E-state index contributed by atoms with van der Waals surface area (Å²) in [6.07, 6.45) is 4.25. The fourth-order valence-corrected chi connectivity index (χ4v) is 2.81. The zero-order valence-electron chi connectivity index (χ0n) is 13.1. The average molecular weight is 348 g/mol. The first-order valence-corrected chi connectivity index (χ1v) is 7.81. The number of carbonyl (C=O) groups is 2. The lowest BCUT2D eigenvalue weighted by Gasteiger charge is -2.26. The molecule has 0 atom stereocenters. The second-order valence-electron chi connectivity index (χ2n) is 5.91. The summed E-state index contributed by atoms with van der Waals surface area (Å²) >= 11 is 0. The van der Waals surface area contributed by atoms with Crippen molar-refractivity contribution in [3.8, 4) is 5.75 Å². The number of aryl methyl sites for hydroxylation is 1. The summed E-state index contributed by atoms with van der Waals surface area (Å²) in [5.74, 6) is 0.0365. The maximum atomic E-state index is 12.1. The summed E-state index contributed by atoms with van der Waals surface area (Å²) in [6, 6.07) is 7.05. The fraction of sp³-hybridized carbons (Fsp3) is 0.529. The molecule has 0 spiro atoms. The largest absolute Gasteiger partial charge is 0.481 e. The van der Waals surface area contributed by atoms with Crippen LogP contribution in [0.2, 0.25) is 0 Å². The van der Waals surface area contributed by atoms with Crippen LogP contribution in [0, 0.1) is 11.8 Å². The third kappa shape index (κ3) is 6.20. The summed E-state index contributed by atoms with van der Waals surface area (Å²) in [4.78, 5) is 22.7. The first-order valence-electron chi connectivity index (χ1n) is 7.81. The van der Waals surface area contributed by atoms with Crippen molar-refractivity contribution in [2.24, 2.45) is 17.6 Å². The van der Waals surface area contributed by atoms with E-state index in [1.54, 1.807) is 24.3 Å². The molecule has 1 aliphatic rings. The normalized spacial score (nSPS) is 20.4. The molecule has 0 heterocycles. The number of hydrogen-bond donors (Lipinski definition) is 2. The first kappa shape index (κ1) is 19.5. The van der Waals surface area contributed by atoms with Gasteiger partial charge < -0.3 is 15.6 Å². The number of rotatable bonds is 6. The number of aliphatic carboxylic acids is 1. The zero-order chi connectivity index (χ0) is 15.9. The van der Waals surface area contributed by atoms with E-state index in [4.69, 9.17) is 15.6 Å². The monoisotopic (exact) mass is 347 g/mol. The van der Waals surface area contributed by atoms with E-state index < -0.39 is 5.97 Å². The van der Waals surface area contributed by atoms with Gasteiger partial charge in [0.15, 0.2) is 0 Å². The van der Waals surface area contributed by atoms with Crippen LogP contribution in [0.3, 0.4) is 0 Å². The van der Waals surface area contributed by atoms with Gasteiger partial charge in [-0.05, 0) is 62.3 Å². The third-order valence-corrected chi connectivity index (χ3v) is 4.28.